The number of carbonyl (C=O) groups is 1. The minimum atomic E-state index is -0.246. The van der Waals surface area contributed by atoms with Crippen LogP contribution in [0.5, 0.6) is 0 Å². The second kappa shape index (κ2) is 6.22. The van der Waals surface area contributed by atoms with E-state index in [1.165, 1.54) is 0 Å². The second-order valence-electron chi connectivity index (χ2n) is 5.13. The largest absolute Gasteiger partial charge is 0.384 e. The predicted octanol–water partition coefficient (Wildman–Crippen LogP) is 3.51. The van der Waals surface area contributed by atoms with E-state index in [4.69, 9.17) is 5.73 Å². The SMILES string of the molecule is Cc1cc(Br)cnc1NC(=O)c1cc(N)nc(C(C)C)c1. The molecule has 0 unspecified atom stereocenters. The molecule has 21 heavy (non-hydrogen) atoms. The zero-order chi connectivity index (χ0) is 15.6. The molecule has 6 heteroatoms. The fourth-order valence-corrected chi connectivity index (χ4v) is 2.30. The molecule has 0 saturated carbocycles. The van der Waals surface area contributed by atoms with Crippen LogP contribution >= 0.6 is 15.9 Å². The smallest absolute Gasteiger partial charge is 0.257 e. The van der Waals surface area contributed by atoms with Gasteiger partial charge in [0.25, 0.3) is 5.91 Å². The van der Waals surface area contributed by atoms with E-state index >= 15 is 0 Å². The predicted molar refractivity (Wildman–Crippen MR) is 87.4 cm³/mol. The van der Waals surface area contributed by atoms with E-state index in [0.29, 0.717) is 17.2 Å². The molecule has 2 aromatic rings. The molecule has 2 rings (SSSR count). The van der Waals surface area contributed by atoms with Gasteiger partial charge in [0.05, 0.1) is 0 Å². The van der Waals surface area contributed by atoms with Gasteiger partial charge in [-0.2, -0.15) is 0 Å². The third-order valence-corrected chi connectivity index (χ3v) is 3.43. The molecule has 0 atom stereocenters. The topological polar surface area (TPSA) is 80.9 Å². The van der Waals surface area contributed by atoms with Gasteiger partial charge in [-0.1, -0.05) is 13.8 Å². The molecule has 0 saturated heterocycles. The highest BCUT2D eigenvalue weighted by Gasteiger charge is 2.12. The van der Waals surface area contributed by atoms with E-state index in [1.807, 2.05) is 26.8 Å². The Morgan fingerprint density at radius 3 is 2.67 bits per heavy atom. The molecule has 0 aliphatic heterocycles. The Bertz CT molecular complexity index is 685. The molecular formula is C15H17BrN4O. The number of hydrogen-bond donors (Lipinski definition) is 2. The molecule has 5 nitrogen and oxygen atoms in total. The summed E-state index contributed by atoms with van der Waals surface area (Å²) in [5.41, 5.74) is 7.92. The quantitative estimate of drug-likeness (QED) is 0.889. The lowest BCUT2D eigenvalue weighted by Crippen LogP contribution is -2.15. The fourth-order valence-electron chi connectivity index (χ4n) is 1.85. The summed E-state index contributed by atoms with van der Waals surface area (Å²) < 4.78 is 0.869. The average Bonchev–Trinajstić information content (AvgIpc) is 2.41. The van der Waals surface area contributed by atoms with Crippen LogP contribution in [0.15, 0.2) is 28.9 Å². The third kappa shape index (κ3) is 3.78. The second-order valence-corrected chi connectivity index (χ2v) is 6.05. The average molecular weight is 349 g/mol. The molecule has 0 fully saturated rings. The molecule has 0 aliphatic carbocycles. The number of hydrogen-bond acceptors (Lipinski definition) is 4. The van der Waals surface area contributed by atoms with E-state index < -0.39 is 0 Å². The molecule has 0 bridgehead atoms. The van der Waals surface area contributed by atoms with Crippen molar-refractivity contribution in [1.29, 1.82) is 0 Å². The van der Waals surface area contributed by atoms with Crippen LogP contribution in [-0.2, 0) is 0 Å². The number of carbonyl (C=O) groups excluding carboxylic acids is 1. The van der Waals surface area contributed by atoms with Gasteiger partial charge in [0, 0.05) is 21.9 Å². The van der Waals surface area contributed by atoms with Crippen molar-refractivity contribution in [2.75, 3.05) is 11.1 Å². The summed E-state index contributed by atoms with van der Waals surface area (Å²) in [6, 6.07) is 5.21. The van der Waals surface area contributed by atoms with Crippen LogP contribution in [0.1, 0.15) is 41.4 Å². The van der Waals surface area contributed by atoms with E-state index in [1.54, 1.807) is 18.3 Å². The van der Waals surface area contributed by atoms with E-state index in [-0.39, 0.29) is 11.8 Å². The summed E-state index contributed by atoms with van der Waals surface area (Å²) in [6.45, 7) is 5.89. The lowest BCUT2D eigenvalue weighted by Gasteiger charge is -2.10. The lowest BCUT2D eigenvalue weighted by molar-refractivity contribution is 0.102. The number of amides is 1. The van der Waals surface area contributed by atoms with E-state index in [9.17, 15) is 4.79 Å². The summed E-state index contributed by atoms with van der Waals surface area (Å²) >= 11 is 3.34. The number of aromatic nitrogens is 2. The summed E-state index contributed by atoms with van der Waals surface area (Å²) in [5.74, 6) is 0.827. The first kappa shape index (κ1) is 15.4. The van der Waals surface area contributed by atoms with Gasteiger partial charge in [-0.15, -0.1) is 0 Å². The number of nitrogens with one attached hydrogen (secondary N) is 1. The Kier molecular flexibility index (Phi) is 4.57. The van der Waals surface area contributed by atoms with Gasteiger partial charge in [0.1, 0.15) is 11.6 Å². The molecule has 2 aromatic heterocycles. The number of anilines is 2. The highest BCUT2D eigenvalue weighted by atomic mass is 79.9. The number of halogens is 1. The number of nitrogens with two attached hydrogens (primary N) is 1. The van der Waals surface area contributed by atoms with E-state index in [2.05, 4.69) is 31.2 Å². The molecule has 0 radical (unpaired) electrons. The number of pyridine rings is 2. The van der Waals surface area contributed by atoms with Gasteiger partial charge >= 0.3 is 0 Å². The Hall–Kier alpha value is -1.95. The first-order chi connectivity index (χ1) is 9.86. The Balaban J connectivity index is 2.28. The molecule has 2 heterocycles. The molecule has 110 valence electrons. The first-order valence-electron chi connectivity index (χ1n) is 6.57. The Morgan fingerprint density at radius 1 is 1.33 bits per heavy atom. The van der Waals surface area contributed by atoms with Crippen LogP contribution in [0.3, 0.4) is 0 Å². The number of aryl methyl sites for hydroxylation is 1. The standard InChI is InChI=1S/C15H17BrN4O/c1-8(2)12-5-10(6-13(17)19-12)15(21)20-14-9(3)4-11(16)7-18-14/h4-8H,1-3H3,(H2,17,19)(H,18,20,21). The zero-order valence-corrected chi connectivity index (χ0v) is 13.7. The van der Waals surface area contributed by atoms with Crippen LogP contribution < -0.4 is 11.1 Å². The number of rotatable bonds is 3. The maximum atomic E-state index is 12.3. The highest BCUT2D eigenvalue weighted by Crippen LogP contribution is 2.19. The molecule has 0 aromatic carbocycles. The Labute approximate surface area is 132 Å². The van der Waals surface area contributed by atoms with E-state index in [0.717, 1.165) is 15.7 Å². The maximum absolute atomic E-state index is 12.3. The van der Waals surface area contributed by atoms with Crippen molar-refractivity contribution in [3.05, 3.63) is 45.7 Å². The molecule has 1 amide bonds. The zero-order valence-electron chi connectivity index (χ0n) is 12.1. The van der Waals surface area contributed by atoms with Crippen LogP contribution in [0.4, 0.5) is 11.6 Å². The van der Waals surface area contributed by atoms with Gasteiger partial charge < -0.3 is 11.1 Å². The van der Waals surface area contributed by atoms with Gasteiger partial charge in [-0.3, -0.25) is 4.79 Å². The maximum Gasteiger partial charge on any atom is 0.257 e. The fraction of sp³-hybridized carbons (Fsp3) is 0.267. The molecule has 0 aliphatic rings. The molecule has 0 spiro atoms. The van der Waals surface area contributed by atoms with Gasteiger partial charge in [0.2, 0.25) is 0 Å². The van der Waals surface area contributed by atoms with Gasteiger partial charge in [-0.25, -0.2) is 9.97 Å². The minimum Gasteiger partial charge on any atom is -0.384 e. The van der Waals surface area contributed by atoms with Crippen LogP contribution in [0, 0.1) is 6.92 Å². The summed E-state index contributed by atoms with van der Waals surface area (Å²) in [6.07, 6.45) is 1.64. The summed E-state index contributed by atoms with van der Waals surface area (Å²) in [7, 11) is 0. The van der Waals surface area contributed by atoms with Crippen molar-refractivity contribution in [3.8, 4) is 0 Å². The molecular weight excluding hydrogens is 332 g/mol. The van der Waals surface area contributed by atoms with Crippen LogP contribution in [0.25, 0.3) is 0 Å². The van der Waals surface area contributed by atoms with Gasteiger partial charge in [-0.05, 0) is 52.5 Å². The Morgan fingerprint density at radius 2 is 2.05 bits per heavy atom. The van der Waals surface area contributed by atoms with Crippen molar-refractivity contribution >= 4 is 33.5 Å². The molecule has 3 N–H and O–H groups in total. The van der Waals surface area contributed by atoms with Gasteiger partial charge in [0.15, 0.2) is 0 Å². The number of nitrogens with zero attached hydrogens (tertiary/aromatic N) is 2. The minimum absolute atomic E-state index is 0.201. The van der Waals surface area contributed by atoms with Crippen LogP contribution in [-0.4, -0.2) is 15.9 Å². The first-order valence-corrected chi connectivity index (χ1v) is 7.37. The van der Waals surface area contributed by atoms with Crippen molar-refractivity contribution in [1.82, 2.24) is 9.97 Å². The third-order valence-electron chi connectivity index (χ3n) is 3.00. The summed E-state index contributed by atoms with van der Waals surface area (Å²) in [4.78, 5) is 20.8. The van der Waals surface area contributed by atoms with Crippen LogP contribution in [0.2, 0.25) is 0 Å². The highest BCUT2D eigenvalue weighted by molar-refractivity contribution is 9.10. The van der Waals surface area contributed by atoms with Crippen molar-refractivity contribution in [2.24, 2.45) is 0 Å². The summed E-state index contributed by atoms with van der Waals surface area (Å²) in [5, 5.41) is 2.79. The monoisotopic (exact) mass is 348 g/mol. The van der Waals surface area contributed by atoms with Crippen molar-refractivity contribution in [3.63, 3.8) is 0 Å². The van der Waals surface area contributed by atoms with Crippen molar-refractivity contribution < 1.29 is 4.79 Å². The number of nitrogen functional groups attached to an aromatic ring is 1. The lowest BCUT2D eigenvalue weighted by atomic mass is 10.1. The van der Waals surface area contributed by atoms with Crippen molar-refractivity contribution in [2.45, 2.75) is 26.7 Å². The normalized spacial score (nSPS) is 10.7.